The van der Waals surface area contributed by atoms with Crippen LogP contribution in [0.25, 0.3) is 11.3 Å². The number of rotatable bonds is 7. The molecule has 0 N–H and O–H groups in total. The number of benzene rings is 3. The summed E-state index contributed by atoms with van der Waals surface area (Å²) in [5, 5.41) is 22.9. The molecule has 0 radical (unpaired) electrons. The first-order valence-corrected chi connectivity index (χ1v) is 10.5. The number of nitriles is 2. The molecule has 0 unspecified atom stereocenters. The van der Waals surface area contributed by atoms with E-state index < -0.39 is 0 Å². The number of nitrogens with zero attached hydrogens (tertiary/aromatic N) is 5. The number of hydrogen-bond donors (Lipinski definition) is 0. The molecule has 1 heterocycles. The van der Waals surface area contributed by atoms with Crippen LogP contribution >= 0.6 is 0 Å². The van der Waals surface area contributed by atoms with Crippen LogP contribution in [0.4, 0.5) is 17.1 Å². The number of para-hydroxylation sites is 3. The van der Waals surface area contributed by atoms with Crippen LogP contribution in [0.1, 0.15) is 5.69 Å². The Morgan fingerprint density at radius 1 is 0.765 bits per heavy atom. The minimum atomic E-state index is 0.509. The molecule has 0 aliphatic rings. The van der Waals surface area contributed by atoms with E-state index in [0.717, 1.165) is 16.9 Å². The third-order valence-electron chi connectivity index (χ3n) is 5.55. The van der Waals surface area contributed by atoms with E-state index in [2.05, 4.69) is 12.3 Å². The van der Waals surface area contributed by atoms with Crippen molar-refractivity contribution < 1.29 is 9.47 Å². The molecule has 0 bridgehead atoms. The Hall–Kier alpha value is -4.88. The van der Waals surface area contributed by atoms with E-state index in [1.165, 1.54) is 5.01 Å². The highest BCUT2D eigenvalue weighted by Gasteiger charge is 2.25. The molecule has 0 aliphatic carbocycles. The Bertz CT molecular complexity index is 1380. The molecule has 34 heavy (non-hydrogen) atoms. The van der Waals surface area contributed by atoms with Gasteiger partial charge in [0.15, 0.2) is 0 Å². The van der Waals surface area contributed by atoms with Crippen molar-refractivity contribution in [1.82, 2.24) is 4.57 Å². The highest BCUT2D eigenvalue weighted by Crippen LogP contribution is 2.40. The number of anilines is 3. The van der Waals surface area contributed by atoms with Crippen molar-refractivity contribution in [3.8, 4) is 35.0 Å². The van der Waals surface area contributed by atoms with Gasteiger partial charge in [-0.2, -0.15) is 15.5 Å². The molecular weight excluding hydrogens is 426 g/mol. The highest BCUT2D eigenvalue weighted by molar-refractivity contribution is 5.79. The highest BCUT2D eigenvalue weighted by atomic mass is 16.5. The molecule has 0 atom stereocenters. The molecule has 4 aromatic rings. The SMILES string of the molecule is COc1cc(-c2ccc(C#N)n2C)ccc1N(C#N)N(c1ccccc1)c1ccccc1OC. The lowest BCUT2D eigenvalue weighted by Crippen LogP contribution is -2.36. The zero-order chi connectivity index (χ0) is 24.1. The molecule has 4 rings (SSSR count). The zero-order valence-corrected chi connectivity index (χ0v) is 19.1. The number of ether oxygens (including phenoxy) is 2. The van der Waals surface area contributed by atoms with E-state index >= 15 is 0 Å². The van der Waals surface area contributed by atoms with Gasteiger partial charge in [0.25, 0.3) is 0 Å². The molecular formula is C27H23N5O2. The average Bonchev–Trinajstić information content (AvgIpc) is 3.27. The molecule has 168 valence electrons. The summed E-state index contributed by atoms with van der Waals surface area (Å²) in [5.41, 5.74) is 4.33. The fourth-order valence-electron chi connectivity index (χ4n) is 3.87. The summed E-state index contributed by atoms with van der Waals surface area (Å²) < 4.78 is 13.1. The fourth-order valence-corrected chi connectivity index (χ4v) is 3.87. The minimum Gasteiger partial charge on any atom is -0.494 e. The molecule has 0 saturated carbocycles. The van der Waals surface area contributed by atoms with E-state index in [-0.39, 0.29) is 0 Å². The summed E-state index contributed by atoms with van der Waals surface area (Å²) in [6.45, 7) is 0. The van der Waals surface area contributed by atoms with E-state index in [4.69, 9.17) is 9.47 Å². The maximum absolute atomic E-state index is 10.3. The standard InChI is InChI=1S/C27H23N5O2/c1-30-22(18-28)14-16-23(30)20-13-15-24(27(17-20)34-3)31(19-29)32(21-9-5-4-6-10-21)25-11-7-8-12-26(25)33-2/h4-17H,1-3H3. The van der Waals surface area contributed by atoms with Crippen molar-refractivity contribution >= 4 is 17.1 Å². The van der Waals surface area contributed by atoms with E-state index in [1.807, 2.05) is 90.5 Å². The minimum absolute atomic E-state index is 0.509. The first-order chi connectivity index (χ1) is 16.6. The van der Waals surface area contributed by atoms with Gasteiger partial charge in [-0.25, -0.2) is 5.01 Å². The molecule has 1 aromatic heterocycles. The molecule has 0 aliphatic heterocycles. The molecule has 3 aromatic carbocycles. The quantitative estimate of drug-likeness (QED) is 0.207. The van der Waals surface area contributed by atoms with Crippen LogP contribution in [0, 0.1) is 22.8 Å². The summed E-state index contributed by atoms with van der Waals surface area (Å²) in [5.74, 6) is 1.13. The first kappa shape index (κ1) is 22.3. The Morgan fingerprint density at radius 2 is 1.47 bits per heavy atom. The van der Waals surface area contributed by atoms with Crippen LogP contribution < -0.4 is 19.5 Å². The summed E-state index contributed by atoms with van der Waals surface area (Å²) in [4.78, 5) is 0. The lowest BCUT2D eigenvalue weighted by molar-refractivity contribution is 0.413. The number of hydrazine groups is 1. The third kappa shape index (κ3) is 3.99. The van der Waals surface area contributed by atoms with Crippen molar-refractivity contribution in [3.05, 3.63) is 90.6 Å². The smallest absolute Gasteiger partial charge is 0.205 e. The maximum atomic E-state index is 10.3. The van der Waals surface area contributed by atoms with Crippen LogP contribution in [0.15, 0.2) is 84.9 Å². The third-order valence-corrected chi connectivity index (χ3v) is 5.55. The Morgan fingerprint density at radius 3 is 2.12 bits per heavy atom. The van der Waals surface area contributed by atoms with E-state index in [0.29, 0.717) is 28.6 Å². The van der Waals surface area contributed by atoms with Crippen LogP contribution in [0.5, 0.6) is 11.5 Å². The van der Waals surface area contributed by atoms with Gasteiger partial charge in [-0.3, -0.25) is 0 Å². The second-order valence-corrected chi connectivity index (χ2v) is 7.39. The van der Waals surface area contributed by atoms with Gasteiger partial charge in [0.2, 0.25) is 6.19 Å². The molecule has 0 fully saturated rings. The van der Waals surface area contributed by atoms with Crippen molar-refractivity contribution in [3.63, 3.8) is 0 Å². The Kier molecular flexibility index (Phi) is 6.38. The normalized spacial score (nSPS) is 10.1. The second-order valence-electron chi connectivity index (χ2n) is 7.39. The van der Waals surface area contributed by atoms with Gasteiger partial charge in [-0.1, -0.05) is 36.4 Å². The van der Waals surface area contributed by atoms with Gasteiger partial charge in [-0.05, 0) is 48.5 Å². The van der Waals surface area contributed by atoms with E-state index in [1.54, 1.807) is 25.3 Å². The average molecular weight is 450 g/mol. The molecule has 0 saturated heterocycles. The monoisotopic (exact) mass is 449 g/mol. The first-order valence-electron chi connectivity index (χ1n) is 10.5. The fraction of sp³-hybridized carbons (Fsp3) is 0.111. The number of hydrogen-bond acceptors (Lipinski definition) is 6. The lowest BCUT2D eigenvalue weighted by atomic mass is 10.1. The van der Waals surface area contributed by atoms with Gasteiger partial charge >= 0.3 is 0 Å². The predicted octanol–water partition coefficient (Wildman–Crippen LogP) is 5.62. The largest absolute Gasteiger partial charge is 0.494 e. The predicted molar refractivity (Wildman–Crippen MR) is 132 cm³/mol. The van der Waals surface area contributed by atoms with Crippen molar-refractivity contribution in [2.75, 3.05) is 24.2 Å². The van der Waals surface area contributed by atoms with Crippen LogP contribution in [0.2, 0.25) is 0 Å². The van der Waals surface area contributed by atoms with Crippen molar-refractivity contribution in [2.24, 2.45) is 7.05 Å². The lowest BCUT2D eigenvalue weighted by Gasteiger charge is -2.34. The van der Waals surface area contributed by atoms with Crippen molar-refractivity contribution in [1.29, 1.82) is 10.5 Å². The van der Waals surface area contributed by atoms with Gasteiger partial charge in [0.1, 0.15) is 34.6 Å². The summed E-state index contributed by atoms with van der Waals surface area (Å²) in [6.07, 6.45) is 2.30. The van der Waals surface area contributed by atoms with Crippen molar-refractivity contribution in [2.45, 2.75) is 0 Å². The number of methoxy groups -OCH3 is 2. The van der Waals surface area contributed by atoms with Gasteiger partial charge in [0, 0.05) is 18.3 Å². The maximum Gasteiger partial charge on any atom is 0.205 e. The van der Waals surface area contributed by atoms with Gasteiger partial charge in [0.05, 0.1) is 19.9 Å². The van der Waals surface area contributed by atoms with Crippen LogP contribution in [0.3, 0.4) is 0 Å². The van der Waals surface area contributed by atoms with Crippen LogP contribution in [-0.4, -0.2) is 18.8 Å². The second kappa shape index (κ2) is 9.72. The molecule has 0 spiro atoms. The summed E-state index contributed by atoms with van der Waals surface area (Å²) in [6, 6.07) is 28.6. The summed E-state index contributed by atoms with van der Waals surface area (Å²) in [7, 11) is 5.01. The Balaban J connectivity index is 1.87. The molecule has 7 heteroatoms. The van der Waals surface area contributed by atoms with Crippen LogP contribution in [-0.2, 0) is 7.05 Å². The zero-order valence-electron chi connectivity index (χ0n) is 19.1. The van der Waals surface area contributed by atoms with Gasteiger partial charge < -0.3 is 14.0 Å². The van der Waals surface area contributed by atoms with E-state index in [9.17, 15) is 10.5 Å². The molecule has 0 amide bonds. The summed E-state index contributed by atoms with van der Waals surface area (Å²) >= 11 is 0. The molecule has 7 nitrogen and oxygen atoms in total. The topological polar surface area (TPSA) is 77.4 Å². The van der Waals surface area contributed by atoms with Gasteiger partial charge in [-0.15, -0.1) is 0 Å². The Labute approximate surface area is 198 Å². The number of aromatic nitrogens is 1.